The molecule has 0 fully saturated rings. The van der Waals surface area contributed by atoms with Crippen LogP contribution >= 0.6 is 0 Å². The Labute approximate surface area is 124 Å². The molecule has 2 aromatic rings. The van der Waals surface area contributed by atoms with Crippen molar-refractivity contribution in [3.8, 4) is 11.5 Å². The molecule has 0 heterocycles. The van der Waals surface area contributed by atoms with Gasteiger partial charge in [-0.25, -0.2) is 0 Å². The van der Waals surface area contributed by atoms with Gasteiger partial charge in [0.05, 0.1) is 5.69 Å². The molecule has 0 aliphatic carbocycles. The lowest BCUT2D eigenvalue weighted by atomic mass is 10.2. The smallest absolute Gasteiger partial charge is 0.303 e. The SMILES string of the molecule is Cc1ccc(Oc2ccccc2NCCCC(=O)O)cc1. The number of hydrogen-bond donors (Lipinski definition) is 2. The molecule has 0 saturated carbocycles. The number of para-hydroxylation sites is 2. The molecule has 0 unspecified atom stereocenters. The Balaban J connectivity index is 1.99. The lowest BCUT2D eigenvalue weighted by Gasteiger charge is -2.12. The van der Waals surface area contributed by atoms with Gasteiger partial charge >= 0.3 is 5.97 Å². The van der Waals surface area contributed by atoms with Gasteiger partial charge in [-0.15, -0.1) is 0 Å². The van der Waals surface area contributed by atoms with Crippen molar-refractivity contribution in [1.82, 2.24) is 0 Å². The summed E-state index contributed by atoms with van der Waals surface area (Å²) in [6.45, 7) is 2.63. The van der Waals surface area contributed by atoms with Crippen LogP contribution in [-0.4, -0.2) is 17.6 Å². The van der Waals surface area contributed by atoms with Crippen molar-refractivity contribution in [2.75, 3.05) is 11.9 Å². The van der Waals surface area contributed by atoms with E-state index in [0.717, 1.165) is 17.2 Å². The molecule has 0 bridgehead atoms. The quantitative estimate of drug-likeness (QED) is 0.753. The number of carboxylic acid groups (broad SMARTS) is 1. The van der Waals surface area contributed by atoms with E-state index in [-0.39, 0.29) is 6.42 Å². The van der Waals surface area contributed by atoms with Crippen LogP contribution in [0, 0.1) is 6.92 Å². The third-order valence-corrected chi connectivity index (χ3v) is 3.02. The fourth-order valence-corrected chi connectivity index (χ4v) is 1.90. The lowest BCUT2D eigenvalue weighted by molar-refractivity contribution is -0.137. The largest absolute Gasteiger partial charge is 0.481 e. The van der Waals surface area contributed by atoms with Gasteiger partial charge in [0.2, 0.25) is 0 Å². The highest BCUT2D eigenvalue weighted by Gasteiger charge is 2.04. The highest BCUT2D eigenvalue weighted by molar-refractivity contribution is 5.66. The summed E-state index contributed by atoms with van der Waals surface area (Å²) in [4.78, 5) is 10.5. The van der Waals surface area contributed by atoms with Crippen LogP contribution < -0.4 is 10.1 Å². The molecule has 0 saturated heterocycles. The van der Waals surface area contributed by atoms with Gasteiger partial charge in [0.15, 0.2) is 5.75 Å². The molecule has 4 nitrogen and oxygen atoms in total. The minimum Gasteiger partial charge on any atom is -0.481 e. The summed E-state index contributed by atoms with van der Waals surface area (Å²) in [7, 11) is 0. The first kappa shape index (κ1) is 14.9. The highest BCUT2D eigenvalue weighted by atomic mass is 16.5. The number of anilines is 1. The van der Waals surface area contributed by atoms with E-state index < -0.39 is 5.97 Å². The topological polar surface area (TPSA) is 58.6 Å². The summed E-state index contributed by atoms with van der Waals surface area (Å²) in [6.07, 6.45) is 0.738. The van der Waals surface area contributed by atoms with Crippen LogP contribution in [-0.2, 0) is 4.79 Å². The standard InChI is InChI=1S/C17H19NO3/c1-13-8-10-14(11-9-13)21-16-6-3-2-5-15(16)18-12-4-7-17(19)20/h2-3,5-6,8-11,18H,4,7,12H2,1H3,(H,19,20). The third-order valence-electron chi connectivity index (χ3n) is 3.02. The molecule has 110 valence electrons. The fourth-order valence-electron chi connectivity index (χ4n) is 1.90. The second kappa shape index (κ2) is 7.33. The number of nitrogens with one attached hydrogen (secondary N) is 1. The van der Waals surface area contributed by atoms with Crippen LogP contribution in [0.2, 0.25) is 0 Å². The van der Waals surface area contributed by atoms with Crippen molar-refractivity contribution in [2.45, 2.75) is 19.8 Å². The summed E-state index contributed by atoms with van der Waals surface area (Å²) in [5, 5.41) is 11.8. The van der Waals surface area contributed by atoms with Crippen LogP contribution in [0.4, 0.5) is 5.69 Å². The predicted octanol–water partition coefficient (Wildman–Crippen LogP) is 4.06. The monoisotopic (exact) mass is 285 g/mol. The average Bonchev–Trinajstić information content (AvgIpc) is 2.47. The maximum atomic E-state index is 10.5. The van der Waals surface area contributed by atoms with Crippen LogP contribution in [0.15, 0.2) is 48.5 Å². The zero-order chi connectivity index (χ0) is 15.1. The molecule has 0 atom stereocenters. The van der Waals surface area contributed by atoms with E-state index in [4.69, 9.17) is 9.84 Å². The van der Waals surface area contributed by atoms with Gasteiger partial charge < -0.3 is 15.2 Å². The zero-order valence-corrected chi connectivity index (χ0v) is 12.0. The van der Waals surface area contributed by atoms with Gasteiger partial charge in [-0.05, 0) is 37.6 Å². The number of carbonyl (C=O) groups is 1. The molecular weight excluding hydrogens is 266 g/mol. The normalized spacial score (nSPS) is 10.1. The van der Waals surface area contributed by atoms with Gasteiger partial charge in [-0.3, -0.25) is 4.79 Å². The molecule has 0 amide bonds. The van der Waals surface area contributed by atoms with E-state index in [1.807, 2.05) is 55.5 Å². The van der Waals surface area contributed by atoms with Gasteiger partial charge in [0.25, 0.3) is 0 Å². The molecule has 0 spiro atoms. The van der Waals surface area contributed by atoms with Gasteiger partial charge in [-0.1, -0.05) is 29.8 Å². The third kappa shape index (κ3) is 4.84. The molecule has 2 N–H and O–H groups in total. The van der Waals surface area contributed by atoms with E-state index in [1.165, 1.54) is 5.56 Å². The Bertz CT molecular complexity index is 593. The van der Waals surface area contributed by atoms with Crippen molar-refractivity contribution in [3.05, 3.63) is 54.1 Å². The number of carboxylic acids is 1. The molecule has 0 aliphatic heterocycles. The number of aryl methyl sites for hydroxylation is 1. The molecule has 0 radical (unpaired) electrons. The summed E-state index contributed by atoms with van der Waals surface area (Å²) in [5.41, 5.74) is 2.05. The Morgan fingerprint density at radius 2 is 1.86 bits per heavy atom. The number of ether oxygens (including phenoxy) is 1. The zero-order valence-electron chi connectivity index (χ0n) is 12.0. The summed E-state index contributed by atoms with van der Waals surface area (Å²) >= 11 is 0. The van der Waals surface area contributed by atoms with E-state index in [9.17, 15) is 4.79 Å². The van der Waals surface area contributed by atoms with Crippen LogP contribution in [0.1, 0.15) is 18.4 Å². The second-order valence-electron chi connectivity index (χ2n) is 4.84. The summed E-state index contributed by atoms with van der Waals surface area (Å²) in [6, 6.07) is 15.5. The van der Waals surface area contributed by atoms with E-state index in [0.29, 0.717) is 13.0 Å². The molecule has 0 aliphatic rings. The minimum absolute atomic E-state index is 0.161. The highest BCUT2D eigenvalue weighted by Crippen LogP contribution is 2.29. The fraction of sp³-hybridized carbons (Fsp3) is 0.235. The van der Waals surface area contributed by atoms with E-state index in [1.54, 1.807) is 0 Å². The molecule has 21 heavy (non-hydrogen) atoms. The predicted molar refractivity (Wildman–Crippen MR) is 83.1 cm³/mol. The van der Waals surface area contributed by atoms with E-state index in [2.05, 4.69) is 5.32 Å². The summed E-state index contributed by atoms with van der Waals surface area (Å²) < 4.78 is 5.86. The van der Waals surface area contributed by atoms with Crippen molar-refractivity contribution in [3.63, 3.8) is 0 Å². The van der Waals surface area contributed by atoms with Crippen LogP contribution in [0.5, 0.6) is 11.5 Å². The Hall–Kier alpha value is -2.49. The lowest BCUT2D eigenvalue weighted by Crippen LogP contribution is -2.05. The molecule has 2 aromatic carbocycles. The number of rotatable bonds is 7. The molecule has 4 heteroatoms. The average molecular weight is 285 g/mol. The van der Waals surface area contributed by atoms with E-state index >= 15 is 0 Å². The Morgan fingerprint density at radius 1 is 1.14 bits per heavy atom. The molecule has 0 aromatic heterocycles. The first-order valence-electron chi connectivity index (χ1n) is 6.94. The second-order valence-corrected chi connectivity index (χ2v) is 4.84. The summed E-state index contributed by atoms with van der Waals surface area (Å²) in [5.74, 6) is 0.734. The van der Waals surface area contributed by atoms with Crippen molar-refractivity contribution in [1.29, 1.82) is 0 Å². The van der Waals surface area contributed by atoms with Gasteiger partial charge in [-0.2, -0.15) is 0 Å². The van der Waals surface area contributed by atoms with Crippen LogP contribution in [0.25, 0.3) is 0 Å². The Kier molecular flexibility index (Phi) is 5.21. The van der Waals surface area contributed by atoms with Crippen LogP contribution in [0.3, 0.4) is 0 Å². The maximum absolute atomic E-state index is 10.5. The number of hydrogen-bond acceptors (Lipinski definition) is 3. The van der Waals surface area contributed by atoms with Crippen molar-refractivity contribution >= 4 is 11.7 Å². The number of benzene rings is 2. The molecular formula is C17H19NO3. The van der Waals surface area contributed by atoms with Crippen molar-refractivity contribution < 1.29 is 14.6 Å². The number of aliphatic carboxylic acids is 1. The Morgan fingerprint density at radius 3 is 2.57 bits per heavy atom. The van der Waals surface area contributed by atoms with Gasteiger partial charge in [0, 0.05) is 13.0 Å². The first-order chi connectivity index (χ1) is 10.1. The minimum atomic E-state index is -0.777. The van der Waals surface area contributed by atoms with Gasteiger partial charge in [0.1, 0.15) is 5.75 Å². The maximum Gasteiger partial charge on any atom is 0.303 e. The molecule has 2 rings (SSSR count). The first-order valence-corrected chi connectivity index (χ1v) is 6.94. The van der Waals surface area contributed by atoms with Crippen molar-refractivity contribution in [2.24, 2.45) is 0 Å².